The van der Waals surface area contributed by atoms with E-state index in [4.69, 9.17) is 5.73 Å². The third-order valence-electron chi connectivity index (χ3n) is 3.95. The van der Waals surface area contributed by atoms with Crippen molar-refractivity contribution in [3.8, 4) is 0 Å². The quantitative estimate of drug-likeness (QED) is 0.886. The summed E-state index contributed by atoms with van der Waals surface area (Å²) in [4.78, 5) is 14.2. The molecule has 98 valence electrons. The molecule has 1 amide bonds. The molecule has 1 aliphatic rings. The molecule has 0 bridgehead atoms. The van der Waals surface area contributed by atoms with Crippen LogP contribution in [0.1, 0.15) is 31.7 Å². The van der Waals surface area contributed by atoms with Crippen LogP contribution in [0.15, 0.2) is 30.3 Å². The second-order valence-corrected chi connectivity index (χ2v) is 5.33. The summed E-state index contributed by atoms with van der Waals surface area (Å²) in [6, 6.07) is 10.4. The van der Waals surface area contributed by atoms with Gasteiger partial charge < -0.3 is 10.6 Å². The Morgan fingerprint density at radius 2 is 2.00 bits per heavy atom. The van der Waals surface area contributed by atoms with Crippen LogP contribution in [0.5, 0.6) is 0 Å². The summed E-state index contributed by atoms with van der Waals surface area (Å²) in [6.07, 6.45) is 1.06. The Hall–Kier alpha value is -1.35. The first-order chi connectivity index (χ1) is 8.59. The van der Waals surface area contributed by atoms with E-state index in [1.165, 1.54) is 5.56 Å². The predicted octanol–water partition coefficient (Wildman–Crippen LogP) is 1.99. The fraction of sp³-hybridized carbons (Fsp3) is 0.533. The fourth-order valence-corrected chi connectivity index (χ4v) is 2.47. The lowest BCUT2D eigenvalue weighted by Crippen LogP contribution is -2.40. The smallest absolute Gasteiger partial charge is 0.226 e. The second-order valence-electron chi connectivity index (χ2n) is 5.33. The lowest BCUT2D eigenvalue weighted by Gasteiger charge is -2.23. The minimum atomic E-state index is -0.0838. The number of carbonyl (C=O) groups is 1. The molecule has 1 fully saturated rings. The first kappa shape index (κ1) is 13.1. The van der Waals surface area contributed by atoms with Crippen LogP contribution in [-0.4, -0.2) is 29.9 Å². The van der Waals surface area contributed by atoms with E-state index in [-0.39, 0.29) is 17.9 Å². The Labute approximate surface area is 109 Å². The summed E-state index contributed by atoms with van der Waals surface area (Å²) in [5.41, 5.74) is 7.14. The minimum absolute atomic E-state index is 0.0757. The number of hydrogen-bond acceptors (Lipinski definition) is 2. The lowest BCUT2D eigenvalue weighted by atomic mass is 9.98. The molecule has 1 heterocycles. The van der Waals surface area contributed by atoms with Crippen LogP contribution in [0.25, 0.3) is 0 Å². The second kappa shape index (κ2) is 5.53. The highest BCUT2D eigenvalue weighted by molar-refractivity contribution is 5.79. The van der Waals surface area contributed by atoms with Gasteiger partial charge in [0.25, 0.3) is 0 Å². The van der Waals surface area contributed by atoms with Gasteiger partial charge in [-0.05, 0) is 18.9 Å². The number of rotatable bonds is 3. The van der Waals surface area contributed by atoms with Gasteiger partial charge in [0, 0.05) is 25.0 Å². The number of likely N-dealkylation sites (tertiary alicyclic amines) is 1. The monoisotopic (exact) mass is 246 g/mol. The maximum atomic E-state index is 12.2. The van der Waals surface area contributed by atoms with Crippen molar-refractivity contribution >= 4 is 5.91 Å². The van der Waals surface area contributed by atoms with Crippen LogP contribution >= 0.6 is 0 Å². The van der Waals surface area contributed by atoms with E-state index in [2.05, 4.69) is 24.3 Å². The summed E-state index contributed by atoms with van der Waals surface area (Å²) < 4.78 is 0. The molecular formula is C15H22N2O. The van der Waals surface area contributed by atoms with E-state index < -0.39 is 0 Å². The molecule has 0 radical (unpaired) electrons. The van der Waals surface area contributed by atoms with Gasteiger partial charge in [-0.25, -0.2) is 0 Å². The Kier molecular flexibility index (Phi) is 4.02. The van der Waals surface area contributed by atoms with Gasteiger partial charge in [0.15, 0.2) is 0 Å². The van der Waals surface area contributed by atoms with Crippen molar-refractivity contribution in [2.75, 3.05) is 13.1 Å². The normalized spacial score (nSPS) is 22.8. The topological polar surface area (TPSA) is 46.3 Å². The molecule has 1 aliphatic heterocycles. The Balaban J connectivity index is 1.99. The van der Waals surface area contributed by atoms with Gasteiger partial charge in [-0.3, -0.25) is 4.79 Å². The van der Waals surface area contributed by atoms with Gasteiger partial charge in [-0.2, -0.15) is 0 Å². The first-order valence-electron chi connectivity index (χ1n) is 6.69. The van der Waals surface area contributed by atoms with Gasteiger partial charge in [-0.1, -0.05) is 37.3 Å². The number of benzene rings is 1. The van der Waals surface area contributed by atoms with Crippen molar-refractivity contribution in [1.82, 2.24) is 4.90 Å². The van der Waals surface area contributed by atoms with E-state index in [9.17, 15) is 4.79 Å². The lowest BCUT2D eigenvalue weighted by molar-refractivity contribution is -0.134. The summed E-state index contributed by atoms with van der Waals surface area (Å²) in [7, 11) is 0. The number of amides is 1. The molecule has 2 rings (SSSR count). The summed E-state index contributed by atoms with van der Waals surface area (Å²) in [6.45, 7) is 5.51. The summed E-state index contributed by atoms with van der Waals surface area (Å²) in [5, 5.41) is 0. The Bertz CT molecular complexity index is 402. The maximum Gasteiger partial charge on any atom is 0.226 e. The molecule has 2 N–H and O–H groups in total. The van der Waals surface area contributed by atoms with Crippen molar-refractivity contribution < 1.29 is 4.79 Å². The summed E-state index contributed by atoms with van der Waals surface area (Å²) in [5.74, 6) is 0.596. The highest BCUT2D eigenvalue weighted by Crippen LogP contribution is 2.28. The third kappa shape index (κ3) is 2.72. The molecule has 1 aromatic rings. The Morgan fingerprint density at radius 3 is 2.61 bits per heavy atom. The average molecular weight is 246 g/mol. The van der Waals surface area contributed by atoms with Crippen molar-refractivity contribution in [2.24, 2.45) is 11.7 Å². The van der Waals surface area contributed by atoms with Crippen LogP contribution in [0, 0.1) is 5.92 Å². The zero-order valence-corrected chi connectivity index (χ0v) is 11.2. The molecule has 3 atom stereocenters. The van der Waals surface area contributed by atoms with E-state index in [0.29, 0.717) is 5.92 Å². The Morgan fingerprint density at radius 1 is 1.33 bits per heavy atom. The van der Waals surface area contributed by atoms with Crippen LogP contribution < -0.4 is 5.73 Å². The number of nitrogens with two attached hydrogens (primary N) is 1. The van der Waals surface area contributed by atoms with Crippen molar-refractivity contribution in [1.29, 1.82) is 0 Å². The van der Waals surface area contributed by atoms with Gasteiger partial charge >= 0.3 is 0 Å². The number of carbonyl (C=O) groups excluding carboxylic acids is 1. The average Bonchev–Trinajstić information content (AvgIpc) is 2.87. The van der Waals surface area contributed by atoms with Crippen LogP contribution in [0.3, 0.4) is 0 Å². The van der Waals surface area contributed by atoms with Crippen LogP contribution in [0.2, 0.25) is 0 Å². The van der Waals surface area contributed by atoms with E-state index in [1.54, 1.807) is 0 Å². The van der Waals surface area contributed by atoms with E-state index >= 15 is 0 Å². The van der Waals surface area contributed by atoms with Crippen molar-refractivity contribution in [3.63, 3.8) is 0 Å². The number of hydrogen-bond donors (Lipinski definition) is 1. The van der Waals surface area contributed by atoms with Crippen molar-refractivity contribution in [3.05, 3.63) is 35.9 Å². The highest BCUT2D eigenvalue weighted by Gasteiger charge is 2.30. The predicted molar refractivity (Wildman–Crippen MR) is 73.2 cm³/mol. The van der Waals surface area contributed by atoms with E-state index in [0.717, 1.165) is 19.5 Å². The van der Waals surface area contributed by atoms with Gasteiger partial charge in [0.2, 0.25) is 5.91 Å². The van der Waals surface area contributed by atoms with E-state index in [1.807, 2.05) is 24.8 Å². The largest absolute Gasteiger partial charge is 0.342 e. The third-order valence-corrected chi connectivity index (χ3v) is 3.95. The van der Waals surface area contributed by atoms with Gasteiger partial charge in [0.05, 0.1) is 5.92 Å². The summed E-state index contributed by atoms with van der Waals surface area (Å²) >= 11 is 0. The molecule has 1 aromatic carbocycles. The number of nitrogens with zero attached hydrogens (tertiary/aromatic N) is 1. The van der Waals surface area contributed by atoms with Gasteiger partial charge in [0.1, 0.15) is 0 Å². The van der Waals surface area contributed by atoms with Crippen LogP contribution in [0.4, 0.5) is 0 Å². The van der Waals surface area contributed by atoms with Crippen LogP contribution in [-0.2, 0) is 4.79 Å². The molecule has 0 spiro atoms. The zero-order chi connectivity index (χ0) is 13.1. The zero-order valence-electron chi connectivity index (χ0n) is 11.2. The molecular weight excluding hydrogens is 224 g/mol. The molecule has 18 heavy (non-hydrogen) atoms. The minimum Gasteiger partial charge on any atom is -0.342 e. The SMILES string of the molecule is CC(N)C(C)C(=O)N1CCC(c2ccccc2)C1. The fourth-order valence-electron chi connectivity index (χ4n) is 2.47. The molecule has 3 nitrogen and oxygen atoms in total. The molecule has 1 saturated heterocycles. The maximum absolute atomic E-state index is 12.2. The first-order valence-corrected chi connectivity index (χ1v) is 6.69. The molecule has 3 unspecified atom stereocenters. The standard InChI is InChI=1S/C15H22N2O/c1-11(12(2)16)15(18)17-9-8-14(10-17)13-6-4-3-5-7-13/h3-7,11-12,14H,8-10,16H2,1-2H3. The molecule has 0 aromatic heterocycles. The van der Waals surface area contributed by atoms with Gasteiger partial charge in [-0.15, -0.1) is 0 Å². The molecule has 0 aliphatic carbocycles. The van der Waals surface area contributed by atoms with Crippen molar-refractivity contribution in [2.45, 2.75) is 32.2 Å². The highest BCUT2D eigenvalue weighted by atomic mass is 16.2. The molecule has 0 saturated carbocycles. The molecule has 3 heteroatoms.